The Morgan fingerprint density at radius 2 is 2.15 bits per heavy atom. The molecule has 13 heavy (non-hydrogen) atoms. The van der Waals surface area contributed by atoms with E-state index < -0.39 is 0 Å². The fraction of sp³-hybridized carbons (Fsp3) is 0. The van der Waals surface area contributed by atoms with Crippen molar-refractivity contribution in [3.8, 4) is 0 Å². The first kappa shape index (κ1) is 9.02. The van der Waals surface area contributed by atoms with Gasteiger partial charge in [-0.15, -0.1) is 0 Å². The molecule has 2 rings (SSSR count). The number of H-pyrrole nitrogens is 1. The molecule has 0 aliphatic heterocycles. The molecule has 1 aromatic carbocycles. The lowest BCUT2D eigenvalue weighted by molar-refractivity contribution is 1.38. The molecule has 66 valence electrons. The molecule has 0 aliphatic carbocycles. The molecule has 0 saturated carbocycles. The van der Waals surface area contributed by atoms with Crippen LogP contribution in [-0.2, 0) is 0 Å². The van der Waals surface area contributed by atoms with E-state index in [0.29, 0.717) is 10.4 Å². The third kappa shape index (κ3) is 1.58. The zero-order chi connectivity index (χ0) is 9.42. The van der Waals surface area contributed by atoms with E-state index in [9.17, 15) is 4.79 Å². The molecule has 1 aromatic heterocycles. The molecule has 0 saturated heterocycles. The monoisotopic (exact) mass is 305 g/mol. The molecule has 0 fully saturated rings. The van der Waals surface area contributed by atoms with Gasteiger partial charge in [-0.25, -0.2) is 0 Å². The lowest BCUT2D eigenvalue weighted by atomic mass is 10.2. The predicted octanol–water partition coefficient (Wildman–Crippen LogP) is 2.79. The van der Waals surface area contributed by atoms with Gasteiger partial charge in [-0.1, -0.05) is 11.6 Å². The molecule has 0 atom stereocenters. The lowest BCUT2D eigenvalue weighted by Crippen LogP contribution is -2.00. The van der Waals surface area contributed by atoms with Gasteiger partial charge in [0.2, 0.25) is 0 Å². The third-order valence-corrected chi connectivity index (χ3v) is 2.85. The van der Waals surface area contributed by atoms with E-state index >= 15 is 0 Å². The fourth-order valence-corrected chi connectivity index (χ4v) is 2.39. The molecule has 0 amide bonds. The quantitative estimate of drug-likeness (QED) is 0.746. The van der Waals surface area contributed by atoms with E-state index in [2.05, 4.69) is 27.6 Å². The van der Waals surface area contributed by atoms with Crippen LogP contribution in [0, 0.1) is 3.57 Å². The molecular formula is C9H5ClINO. The number of aromatic nitrogens is 1. The zero-order valence-electron chi connectivity index (χ0n) is 6.47. The summed E-state index contributed by atoms with van der Waals surface area (Å²) >= 11 is 7.98. The number of aromatic amines is 1. The minimum atomic E-state index is -0.00540. The highest BCUT2D eigenvalue weighted by Gasteiger charge is 2.02. The second-order valence-corrected chi connectivity index (χ2v) is 4.25. The van der Waals surface area contributed by atoms with Gasteiger partial charge in [0.15, 0.2) is 5.43 Å². The first-order valence-corrected chi connectivity index (χ1v) is 5.10. The van der Waals surface area contributed by atoms with Crippen molar-refractivity contribution in [2.75, 3.05) is 0 Å². The summed E-state index contributed by atoms with van der Waals surface area (Å²) in [6, 6.07) is 4.99. The van der Waals surface area contributed by atoms with Crippen LogP contribution in [0.5, 0.6) is 0 Å². The van der Waals surface area contributed by atoms with Crippen molar-refractivity contribution >= 4 is 45.1 Å². The number of rotatable bonds is 0. The highest BCUT2D eigenvalue weighted by molar-refractivity contribution is 14.1. The molecule has 1 N–H and O–H groups in total. The summed E-state index contributed by atoms with van der Waals surface area (Å²) in [7, 11) is 0. The zero-order valence-corrected chi connectivity index (χ0v) is 9.39. The predicted molar refractivity (Wildman–Crippen MR) is 62.3 cm³/mol. The molecule has 1 heterocycles. The Morgan fingerprint density at radius 3 is 2.92 bits per heavy atom. The maximum Gasteiger partial charge on any atom is 0.189 e. The number of hydrogen-bond donors (Lipinski definition) is 1. The maximum atomic E-state index is 11.4. The van der Waals surface area contributed by atoms with Gasteiger partial charge in [0.05, 0.1) is 5.52 Å². The first-order chi connectivity index (χ1) is 6.18. The van der Waals surface area contributed by atoms with Crippen molar-refractivity contribution in [3.63, 3.8) is 0 Å². The Kier molecular flexibility index (Phi) is 2.29. The molecule has 0 radical (unpaired) electrons. The van der Waals surface area contributed by atoms with Crippen molar-refractivity contribution in [1.29, 1.82) is 0 Å². The van der Waals surface area contributed by atoms with Crippen molar-refractivity contribution in [3.05, 3.63) is 43.2 Å². The topological polar surface area (TPSA) is 32.9 Å². The molecule has 0 spiro atoms. The number of pyridine rings is 1. The van der Waals surface area contributed by atoms with Gasteiger partial charge in [0.25, 0.3) is 0 Å². The summed E-state index contributed by atoms with van der Waals surface area (Å²) in [6.07, 6.45) is 1.64. The Hall–Kier alpha value is -0.550. The summed E-state index contributed by atoms with van der Waals surface area (Å²) in [6.45, 7) is 0. The van der Waals surface area contributed by atoms with Crippen molar-refractivity contribution < 1.29 is 0 Å². The third-order valence-electron chi connectivity index (χ3n) is 1.78. The summed E-state index contributed by atoms with van der Waals surface area (Å²) in [4.78, 5) is 14.4. The Balaban J connectivity index is 3.03. The molecule has 4 heteroatoms. The number of fused-ring (bicyclic) bond motifs is 1. The standard InChI is InChI=1S/C9H5ClINO/c10-5-3-6-8(13)1-2-12-9(6)7(11)4-5/h1-4H,(H,12,13). The molecule has 0 aliphatic rings. The van der Waals surface area contributed by atoms with Crippen LogP contribution in [0.2, 0.25) is 5.02 Å². The molecule has 0 unspecified atom stereocenters. The Morgan fingerprint density at radius 1 is 1.38 bits per heavy atom. The average molecular weight is 306 g/mol. The number of nitrogens with one attached hydrogen (secondary N) is 1. The van der Waals surface area contributed by atoms with E-state index in [4.69, 9.17) is 11.6 Å². The van der Waals surface area contributed by atoms with Crippen LogP contribution >= 0.6 is 34.2 Å². The van der Waals surface area contributed by atoms with E-state index in [1.807, 2.05) is 6.07 Å². The van der Waals surface area contributed by atoms with Crippen LogP contribution in [0.25, 0.3) is 10.9 Å². The largest absolute Gasteiger partial charge is 0.360 e. The van der Waals surface area contributed by atoms with Crippen LogP contribution in [-0.4, -0.2) is 4.98 Å². The van der Waals surface area contributed by atoms with E-state index in [1.165, 1.54) is 6.07 Å². The van der Waals surface area contributed by atoms with Crippen LogP contribution in [0.4, 0.5) is 0 Å². The molecule has 2 aromatic rings. The van der Waals surface area contributed by atoms with Crippen LogP contribution in [0.15, 0.2) is 29.2 Å². The number of halogens is 2. The smallest absolute Gasteiger partial charge is 0.189 e. The van der Waals surface area contributed by atoms with E-state index in [1.54, 1.807) is 12.3 Å². The first-order valence-electron chi connectivity index (χ1n) is 3.65. The second kappa shape index (κ2) is 3.31. The van der Waals surface area contributed by atoms with Crippen molar-refractivity contribution in [2.24, 2.45) is 0 Å². The summed E-state index contributed by atoms with van der Waals surface area (Å²) in [5.41, 5.74) is 0.840. The van der Waals surface area contributed by atoms with Gasteiger partial charge in [-0.3, -0.25) is 4.79 Å². The van der Waals surface area contributed by atoms with Crippen LogP contribution in [0.3, 0.4) is 0 Å². The molecular weight excluding hydrogens is 300 g/mol. The van der Waals surface area contributed by atoms with Crippen LogP contribution < -0.4 is 5.43 Å². The summed E-state index contributed by atoms with van der Waals surface area (Å²) in [5.74, 6) is 0. The van der Waals surface area contributed by atoms with Gasteiger partial charge < -0.3 is 4.98 Å². The van der Waals surface area contributed by atoms with E-state index in [0.717, 1.165) is 9.09 Å². The highest BCUT2D eigenvalue weighted by Crippen LogP contribution is 2.21. The molecule has 0 bridgehead atoms. The van der Waals surface area contributed by atoms with E-state index in [-0.39, 0.29) is 5.43 Å². The summed E-state index contributed by atoms with van der Waals surface area (Å²) < 4.78 is 0.956. The van der Waals surface area contributed by atoms with Gasteiger partial charge in [-0.2, -0.15) is 0 Å². The van der Waals surface area contributed by atoms with Gasteiger partial charge >= 0.3 is 0 Å². The minimum Gasteiger partial charge on any atom is -0.360 e. The minimum absolute atomic E-state index is 0.00540. The van der Waals surface area contributed by atoms with Gasteiger partial charge in [0.1, 0.15) is 0 Å². The highest BCUT2D eigenvalue weighted by atomic mass is 127. The Labute approximate surface area is 93.1 Å². The van der Waals surface area contributed by atoms with Crippen molar-refractivity contribution in [2.45, 2.75) is 0 Å². The van der Waals surface area contributed by atoms with Gasteiger partial charge in [-0.05, 0) is 34.7 Å². The summed E-state index contributed by atoms with van der Waals surface area (Å²) in [5, 5.41) is 1.23. The SMILES string of the molecule is O=c1cc[nH]c2c(I)cc(Cl)cc12. The van der Waals surface area contributed by atoms with Crippen molar-refractivity contribution in [1.82, 2.24) is 4.98 Å². The van der Waals surface area contributed by atoms with Crippen LogP contribution in [0.1, 0.15) is 0 Å². The lowest BCUT2D eigenvalue weighted by Gasteiger charge is -2.00. The Bertz CT molecular complexity index is 520. The maximum absolute atomic E-state index is 11.4. The fourth-order valence-electron chi connectivity index (χ4n) is 1.21. The second-order valence-electron chi connectivity index (χ2n) is 2.65. The molecule has 2 nitrogen and oxygen atoms in total. The van der Waals surface area contributed by atoms with Gasteiger partial charge in [0, 0.05) is 26.2 Å². The normalized spacial score (nSPS) is 10.6. The number of benzene rings is 1. The number of hydrogen-bond acceptors (Lipinski definition) is 1. The average Bonchev–Trinajstić information content (AvgIpc) is 2.07.